The highest BCUT2D eigenvalue weighted by Gasteiger charge is 2.03. The molecule has 0 saturated carbocycles. The lowest BCUT2D eigenvalue weighted by molar-refractivity contribution is 0.908. The number of rotatable bonds is 1. The molecule has 5 heteroatoms. The number of nitrogens with zero attached hydrogens (tertiary/aromatic N) is 2. The topological polar surface area (TPSA) is 58.6 Å². The lowest BCUT2D eigenvalue weighted by atomic mass is 10.2. The van der Waals surface area contributed by atoms with Gasteiger partial charge in [0.05, 0.1) is 0 Å². The maximum absolute atomic E-state index is 11.3. The van der Waals surface area contributed by atoms with Gasteiger partial charge in [0.1, 0.15) is 5.69 Å². The standard InChI is InChI=1S/C10H8ClN3O/c1-6-10(15)12-9(14-13-6)7-3-2-4-8(11)5-7/h2-5H,1H3,(H,12,14,15). The highest BCUT2D eigenvalue weighted by Crippen LogP contribution is 2.17. The molecular formula is C10H8ClN3O. The van der Waals surface area contributed by atoms with Crippen LogP contribution in [0, 0.1) is 6.92 Å². The molecule has 0 bridgehead atoms. The third-order valence-electron chi connectivity index (χ3n) is 1.96. The lowest BCUT2D eigenvalue weighted by Gasteiger charge is -2.00. The van der Waals surface area contributed by atoms with Gasteiger partial charge in [0.25, 0.3) is 5.56 Å². The predicted octanol–water partition coefficient (Wildman–Crippen LogP) is 1.79. The minimum absolute atomic E-state index is 0.236. The molecule has 1 aromatic heterocycles. The molecule has 15 heavy (non-hydrogen) atoms. The molecule has 0 aliphatic carbocycles. The fourth-order valence-corrected chi connectivity index (χ4v) is 1.35. The molecule has 1 aromatic carbocycles. The summed E-state index contributed by atoms with van der Waals surface area (Å²) in [6.07, 6.45) is 0. The van der Waals surface area contributed by atoms with Crippen LogP contribution < -0.4 is 5.56 Å². The van der Waals surface area contributed by atoms with E-state index in [4.69, 9.17) is 11.6 Å². The molecule has 2 aromatic rings. The third kappa shape index (κ3) is 2.05. The van der Waals surface area contributed by atoms with Crippen molar-refractivity contribution in [2.75, 3.05) is 0 Å². The Kier molecular flexibility index (Phi) is 2.51. The Morgan fingerprint density at radius 1 is 1.33 bits per heavy atom. The molecule has 0 radical (unpaired) electrons. The molecule has 0 saturated heterocycles. The first-order valence-corrected chi connectivity index (χ1v) is 4.74. The van der Waals surface area contributed by atoms with Gasteiger partial charge in [-0.3, -0.25) is 4.79 Å². The van der Waals surface area contributed by atoms with Gasteiger partial charge in [-0.1, -0.05) is 23.7 Å². The smallest absolute Gasteiger partial charge is 0.272 e. The summed E-state index contributed by atoms with van der Waals surface area (Å²) in [6.45, 7) is 1.60. The van der Waals surface area contributed by atoms with Gasteiger partial charge in [0, 0.05) is 10.6 Å². The van der Waals surface area contributed by atoms with Gasteiger partial charge in [-0.25, -0.2) is 0 Å². The summed E-state index contributed by atoms with van der Waals surface area (Å²) < 4.78 is 0. The normalized spacial score (nSPS) is 10.3. The monoisotopic (exact) mass is 221 g/mol. The van der Waals surface area contributed by atoms with Gasteiger partial charge in [0.2, 0.25) is 0 Å². The molecule has 4 nitrogen and oxygen atoms in total. The van der Waals surface area contributed by atoms with Crippen LogP contribution in [0.5, 0.6) is 0 Å². The number of halogens is 1. The van der Waals surface area contributed by atoms with Gasteiger partial charge >= 0.3 is 0 Å². The van der Waals surface area contributed by atoms with Gasteiger partial charge < -0.3 is 4.98 Å². The van der Waals surface area contributed by atoms with Crippen molar-refractivity contribution in [3.05, 3.63) is 45.3 Å². The fourth-order valence-electron chi connectivity index (χ4n) is 1.16. The van der Waals surface area contributed by atoms with Gasteiger partial charge in [-0.2, -0.15) is 0 Å². The largest absolute Gasteiger partial charge is 0.303 e. The van der Waals surface area contributed by atoms with E-state index in [9.17, 15) is 4.79 Å². The minimum Gasteiger partial charge on any atom is -0.303 e. The highest BCUT2D eigenvalue weighted by molar-refractivity contribution is 6.30. The second-order valence-electron chi connectivity index (χ2n) is 3.10. The van der Waals surface area contributed by atoms with Crippen molar-refractivity contribution in [3.63, 3.8) is 0 Å². The van der Waals surface area contributed by atoms with E-state index in [0.29, 0.717) is 16.5 Å². The zero-order valence-corrected chi connectivity index (χ0v) is 8.75. The molecular weight excluding hydrogens is 214 g/mol. The van der Waals surface area contributed by atoms with E-state index >= 15 is 0 Å². The van der Waals surface area contributed by atoms with Crippen LogP contribution in [0.1, 0.15) is 5.69 Å². The number of hydrogen-bond donors (Lipinski definition) is 1. The van der Waals surface area contributed by atoms with Crippen molar-refractivity contribution in [1.82, 2.24) is 15.2 Å². The molecule has 0 amide bonds. The van der Waals surface area contributed by atoms with Crippen LogP contribution in [0.3, 0.4) is 0 Å². The number of H-pyrrole nitrogens is 1. The number of aryl methyl sites for hydroxylation is 1. The Morgan fingerprint density at radius 3 is 2.80 bits per heavy atom. The summed E-state index contributed by atoms with van der Waals surface area (Å²) in [6, 6.07) is 7.07. The molecule has 0 aliphatic rings. The van der Waals surface area contributed by atoms with Crippen LogP contribution in [-0.2, 0) is 0 Å². The van der Waals surface area contributed by atoms with Crippen LogP contribution in [0.2, 0.25) is 5.02 Å². The van der Waals surface area contributed by atoms with Crippen LogP contribution >= 0.6 is 11.6 Å². The fraction of sp³-hybridized carbons (Fsp3) is 0.100. The second kappa shape index (κ2) is 3.82. The van der Waals surface area contributed by atoms with E-state index in [1.54, 1.807) is 31.2 Å². The van der Waals surface area contributed by atoms with Crippen molar-refractivity contribution in [2.45, 2.75) is 6.92 Å². The molecule has 0 unspecified atom stereocenters. The average molecular weight is 222 g/mol. The maximum Gasteiger partial charge on any atom is 0.272 e. The third-order valence-corrected chi connectivity index (χ3v) is 2.19. The zero-order chi connectivity index (χ0) is 10.8. The summed E-state index contributed by atoms with van der Waals surface area (Å²) in [5.74, 6) is 0.424. The number of benzene rings is 1. The molecule has 76 valence electrons. The van der Waals surface area contributed by atoms with Gasteiger partial charge in [0.15, 0.2) is 5.82 Å². The first-order chi connectivity index (χ1) is 7.16. The van der Waals surface area contributed by atoms with Crippen LogP contribution in [0.15, 0.2) is 29.1 Å². The van der Waals surface area contributed by atoms with E-state index in [2.05, 4.69) is 15.2 Å². The summed E-state index contributed by atoms with van der Waals surface area (Å²) in [7, 11) is 0. The summed E-state index contributed by atoms with van der Waals surface area (Å²) in [5, 5.41) is 8.23. The number of hydrogen-bond acceptors (Lipinski definition) is 3. The average Bonchev–Trinajstić information content (AvgIpc) is 2.22. The Labute approximate surface area is 90.9 Å². The van der Waals surface area contributed by atoms with Crippen LogP contribution in [0.4, 0.5) is 0 Å². The maximum atomic E-state index is 11.3. The van der Waals surface area contributed by atoms with Crippen molar-refractivity contribution >= 4 is 11.6 Å². The quantitative estimate of drug-likeness (QED) is 0.799. The summed E-state index contributed by atoms with van der Waals surface area (Å²) in [4.78, 5) is 13.9. The number of aromatic nitrogens is 3. The molecule has 0 aliphatic heterocycles. The molecule has 1 N–H and O–H groups in total. The van der Waals surface area contributed by atoms with Crippen molar-refractivity contribution in [1.29, 1.82) is 0 Å². The van der Waals surface area contributed by atoms with E-state index in [0.717, 1.165) is 5.56 Å². The number of aromatic amines is 1. The SMILES string of the molecule is Cc1nnc(-c2cccc(Cl)c2)[nH]c1=O. The Balaban J connectivity index is 2.55. The van der Waals surface area contributed by atoms with Crippen LogP contribution in [0.25, 0.3) is 11.4 Å². The minimum atomic E-state index is -0.236. The molecule has 0 spiro atoms. The Hall–Kier alpha value is -1.68. The van der Waals surface area contributed by atoms with Crippen molar-refractivity contribution in [2.24, 2.45) is 0 Å². The zero-order valence-electron chi connectivity index (χ0n) is 7.99. The Morgan fingerprint density at radius 2 is 2.13 bits per heavy atom. The molecule has 1 heterocycles. The molecule has 2 rings (SSSR count). The first-order valence-electron chi connectivity index (χ1n) is 4.36. The molecule has 0 fully saturated rings. The number of nitrogens with one attached hydrogen (secondary N) is 1. The molecule has 0 atom stereocenters. The van der Waals surface area contributed by atoms with E-state index in [-0.39, 0.29) is 5.56 Å². The van der Waals surface area contributed by atoms with Crippen molar-refractivity contribution in [3.8, 4) is 11.4 Å². The Bertz CT molecular complexity index is 550. The van der Waals surface area contributed by atoms with E-state index < -0.39 is 0 Å². The lowest BCUT2D eigenvalue weighted by Crippen LogP contribution is -2.14. The summed E-state index contributed by atoms with van der Waals surface area (Å²) >= 11 is 5.83. The second-order valence-corrected chi connectivity index (χ2v) is 3.53. The first kappa shape index (κ1) is 9.86. The predicted molar refractivity (Wildman–Crippen MR) is 57.8 cm³/mol. The highest BCUT2D eigenvalue weighted by atomic mass is 35.5. The van der Waals surface area contributed by atoms with Gasteiger partial charge in [-0.05, 0) is 19.1 Å². The van der Waals surface area contributed by atoms with Crippen LogP contribution in [-0.4, -0.2) is 15.2 Å². The van der Waals surface area contributed by atoms with Crippen molar-refractivity contribution < 1.29 is 0 Å². The van der Waals surface area contributed by atoms with E-state index in [1.165, 1.54) is 0 Å². The van der Waals surface area contributed by atoms with Gasteiger partial charge in [-0.15, -0.1) is 10.2 Å². The summed E-state index contributed by atoms with van der Waals surface area (Å²) in [5.41, 5.74) is 0.854. The van der Waals surface area contributed by atoms with E-state index in [1.807, 2.05) is 0 Å².